The predicted octanol–water partition coefficient (Wildman–Crippen LogP) is 4.84. The normalized spacial score (nSPS) is 18.5. The quantitative estimate of drug-likeness (QED) is 0.668. The molecule has 1 heterocycles. The maximum Gasteiger partial charge on any atom is 0.412 e. The minimum Gasteiger partial charge on any atom is -0.444 e. The molecule has 0 spiro atoms. The van der Waals surface area contributed by atoms with Gasteiger partial charge in [-0.05, 0) is 46.2 Å². The van der Waals surface area contributed by atoms with Gasteiger partial charge in [-0.2, -0.15) is 0 Å². The second-order valence-corrected chi connectivity index (χ2v) is 9.39. The van der Waals surface area contributed by atoms with Gasteiger partial charge in [-0.15, -0.1) is 0 Å². The molecule has 2 amide bonds. The Morgan fingerprint density at radius 3 is 2.45 bits per heavy atom. The highest BCUT2D eigenvalue weighted by molar-refractivity contribution is 5.86. The van der Waals surface area contributed by atoms with Crippen molar-refractivity contribution >= 4 is 17.9 Å². The van der Waals surface area contributed by atoms with Crippen LogP contribution in [0.5, 0.6) is 0 Å². The monoisotopic (exact) mass is 456 g/mol. The molecule has 1 saturated heterocycles. The Morgan fingerprint density at radius 2 is 1.79 bits per heavy atom. The molecule has 2 N–H and O–H groups in total. The number of para-hydroxylation sites is 1. The minimum absolute atomic E-state index is 0.103. The van der Waals surface area contributed by atoms with E-state index in [0.717, 1.165) is 5.56 Å². The van der Waals surface area contributed by atoms with E-state index in [2.05, 4.69) is 5.32 Å². The fourth-order valence-corrected chi connectivity index (χ4v) is 3.70. The molecule has 1 fully saturated rings. The highest BCUT2D eigenvalue weighted by Gasteiger charge is 2.48. The molecule has 3 rings (SSSR count). The summed E-state index contributed by atoms with van der Waals surface area (Å²) in [4.78, 5) is 26.7. The summed E-state index contributed by atoms with van der Waals surface area (Å²) in [5.74, 6) is 0. The van der Waals surface area contributed by atoms with Gasteiger partial charge in [0.2, 0.25) is 0 Å². The van der Waals surface area contributed by atoms with E-state index in [9.17, 15) is 14.7 Å². The molecule has 2 atom stereocenters. The highest BCUT2D eigenvalue weighted by Crippen LogP contribution is 2.37. The number of amides is 2. The van der Waals surface area contributed by atoms with Gasteiger partial charge in [0.25, 0.3) is 0 Å². The van der Waals surface area contributed by atoms with E-state index in [1.165, 1.54) is 4.90 Å². The zero-order valence-corrected chi connectivity index (χ0v) is 19.7. The average Bonchev–Trinajstić information content (AvgIpc) is 3.06. The molecule has 0 aromatic heterocycles. The van der Waals surface area contributed by atoms with Crippen LogP contribution in [-0.4, -0.2) is 46.2 Å². The standard InChI is InChI=1S/C25H32N2O6/c1-24(2,3)33-22(29)26-19-14-10-9-13-18(19)21(28)20-16-32-25(4,5)27(20)23(30)31-15-17-11-7-6-8-12-17/h6-14,20-21,28H,15-16H2,1-5H3,(H,26,29)/t20-,21+/m1/s1. The number of carbonyl (C=O) groups is 2. The van der Waals surface area contributed by atoms with Crippen molar-refractivity contribution in [2.75, 3.05) is 11.9 Å². The van der Waals surface area contributed by atoms with Crippen LogP contribution in [0.3, 0.4) is 0 Å². The van der Waals surface area contributed by atoms with Crippen LogP contribution in [0.2, 0.25) is 0 Å². The minimum atomic E-state index is -1.14. The maximum absolute atomic E-state index is 13.0. The van der Waals surface area contributed by atoms with Gasteiger partial charge in [-0.25, -0.2) is 9.59 Å². The molecular weight excluding hydrogens is 424 g/mol. The number of hydrogen-bond acceptors (Lipinski definition) is 6. The van der Waals surface area contributed by atoms with Crippen LogP contribution in [0.25, 0.3) is 0 Å². The summed E-state index contributed by atoms with van der Waals surface area (Å²) in [7, 11) is 0. The number of benzene rings is 2. The number of nitrogens with one attached hydrogen (secondary N) is 1. The average molecular weight is 457 g/mol. The molecule has 2 aromatic carbocycles. The van der Waals surface area contributed by atoms with Crippen LogP contribution in [0.15, 0.2) is 54.6 Å². The number of carbonyl (C=O) groups excluding carboxylic acids is 2. The van der Waals surface area contributed by atoms with Crippen molar-refractivity contribution < 1.29 is 28.9 Å². The molecule has 1 aliphatic rings. The Bertz CT molecular complexity index is 970. The molecule has 0 bridgehead atoms. The maximum atomic E-state index is 13.0. The zero-order valence-electron chi connectivity index (χ0n) is 19.7. The topological polar surface area (TPSA) is 97.3 Å². The second kappa shape index (κ2) is 9.80. The van der Waals surface area contributed by atoms with E-state index in [1.807, 2.05) is 30.3 Å². The van der Waals surface area contributed by atoms with Crippen molar-refractivity contribution in [1.82, 2.24) is 4.90 Å². The smallest absolute Gasteiger partial charge is 0.412 e. The van der Waals surface area contributed by atoms with Crippen LogP contribution in [-0.2, 0) is 20.8 Å². The van der Waals surface area contributed by atoms with Gasteiger partial charge in [0.15, 0.2) is 0 Å². The van der Waals surface area contributed by atoms with Crippen LogP contribution in [0.4, 0.5) is 15.3 Å². The van der Waals surface area contributed by atoms with E-state index in [0.29, 0.717) is 11.3 Å². The lowest BCUT2D eigenvalue weighted by atomic mass is 9.99. The molecular formula is C25H32N2O6. The molecule has 2 aromatic rings. The fourth-order valence-electron chi connectivity index (χ4n) is 3.70. The summed E-state index contributed by atoms with van der Waals surface area (Å²) in [5.41, 5.74) is 0.0394. The summed E-state index contributed by atoms with van der Waals surface area (Å²) in [6.45, 7) is 9.00. The van der Waals surface area contributed by atoms with E-state index < -0.39 is 35.7 Å². The summed E-state index contributed by atoms with van der Waals surface area (Å²) in [6.07, 6.45) is -2.37. The van der Waals surface area contributed by atoms with E-state index in [-0.39, 0.29) is 13.2 Å². The number of aliphatic hydroxyl groups is 1. The number of hydrogen-bond donors (Lipinski definition) is 2. The summed E-state index contributed by atoms with van der Waals surface area (Å²) in [5, 5.41) is 13.9. The molecule has 0 aliphatic carbocycles. The van der Waals surface area contributed by atoms with Gasteiger partial charge < -0.3 is 19.3 Å². The predicted molar refractivity (Wildman–Crippen MR) is 124 cm³/mol. The molecule has 0 radical (unpaired) electrons. The number of ether oxygens (including phenoxy) is 3. The third-order valence-corrected chi connectivity index (χ3v) is 5.20. The van der Waals surface area contributed by atoms with Crippen LogP contribution >= 0.6 is 0 Å². The first-order valence-electron chi connectivity index (χ1n) is 10.9. The number of anilines is 1. The van der Waals surface area contributed by atoms with Gasteiger partial charge in [-0.3, -0.25) is 10.2 Å². The molecule has 1 aliphatic heterocycles. The van der Waals surface area contributed by atoms with E-state index >= 15 is 0 Å². The molecule has 0 unspecified atom stereocenters. The largest absolute Gasteiger partial charge is 0.444 e. The van der Waals surface area contributed by atoms with Gasteiger partial charge in [-0.1, -0.05) is 48.5 Å². The zero-order chi connectivity index (χ0) is 24.2. The first kappa shape index (κ1) is 24.5. The fraction of sp³-hybridized carbons (Fsp3) is 0.440. The van der Waals surface area contributed by atoms with Crippen LogP contribution < -0.4 is 5.32 Å². The molecule has 33 heavy (non-hydrogen) atoms. The Kier molecular flexibility index (Phi) is 7.29. The van der Waals surface area contributed by atoms with Crippen LogP contribution in [0.1, 0.15) is 51.8 Å². The highest BCUT2D eigenvalue weighted by atomic mass is 16.6. The third kappa shape index (κ3) is 6.24. The van der Waals surface area contributed by atoms with Crippen molar-refractivity contribution in [2.45, 2.75) is 64.7 Å². The Morgan fingerprint density at radius 1 is 1.15 bits per heavy atom. The lowest BCUT2D eigenvalue weighted by molar-refractivity contribution is -0.0543. The number of nitrogens with zero attached hydrogens (tertiary/aromatic N) is 1. The molecule has 0 saturated carbocycles. The molecule has 178 valence electrons. The lowest BCUT2D eigenvalue weighted by Gasteiger charge is -2.35. The lowest BCUT2D eigenvalue weighted by Crippen LogP contribution is -2.50. The Hall–Kier alpha value is -3.10. The van der Waals surface area contributed by atoms with Crippen molar-refractivity contribution in [3.63, 3.8) is 0 Å². The Labute approximate surface area is 194 Å². The third-order valence-electron chi connectivity index (χ3n) is 5.20. The first-order chi connectivity index (χ1) is 15.5. The van der Waals surface area contributed by atoms with Crippen molar-refractivity contribution in [2.24, 2.45) is 0 Å². The summed E-state index contributed by atoms with van der Waals surface area (Å²) in [6, 6.07) is 15.5. The molecule has 8 heteroatoms. The SMILES string of the molecule is CC(C)(C)OC(=O)Nc1ccccc1[C@H](O)[C@H]1COC(C)(C)N1C(=O)OCc1ccccc1. The van der Waals surface area contributed by atoms with Gasteiger partial charge in [0, 0.05) is 11.3 Å². The van der Waals surface area contributed by atoms with Crippen molar-refractivity contribution in [1.29, 1.82) is 0 Å². The second-order valence-electron chi connectivity index (χ2n) is 9.39. The first-order valence-corrected chi connectivity index (χ1v) is 10.9. The van der Waals surface area contributed by atoms with Gasteiger partial charge in [0.05, 0.1) is 12.6 Å². The molecule has 8 nitrogen and oxygen atoms in total. The van der Waals surface area contributed by atoms with E-state index in [1.54, 1.807) is 58.9 Å². The van der Waals surface area contributed by atoms with Crippen molar-refractivity contribution in [3.05, 3.63) is 65.7 Å². The number of aliphatic hydroxyl groups excluding tert-OH is 1. The van der Waals surface area contributed by atoms with Crippen molar-refractivity contribution in [3.8, 4) is 0 Å². The van der Waals surface area contributed by atoms with Crippen LogP contribution in [0, 0.1) is 0 Å². The van der Waals surface area contributed by atoms with E-state index in [4.69, 9.17) is 14.2 Å². The van der Waals surface area contributed by atoms with Gasteiger partial charge >= 0.3 is 12.2 Å². The summed E-state index contributed by atoms with van der Waals surface area (Å²) < 4.78 is 16.7. The van der Waals surface area contributed by atoms with Gasteiger partial charge in [0.1, 0.15) is 24.0 Å². The summed E-state index contributed by atoms with van der Waals surface area (Å²) >= 11 is 0. The number of rotatable bonds is 5. The Balaban J connectivity index is 1.78.